The first-order valence-electron chi connectivity index (χ1n) is 6.74. The fourth-order valence-electron chi connectivity index (χ4n) is 2.35. The summed E-state index contributed by atoms with van der Waals surface area (Å²) >= 11 is 6.10. The molecule has 3 rings (SSSR count). The highest BCUT2D eigenvalue weighted by atomic mass is 35.5. The number of rotatable bonds is 4. The second-order valence-electron chi connectivity index (χ2n) is 5.25. The number of carbonyl (C=O) groups is 1. The van der Waals surface area contributed by atoms with Crippen LogP contribution in [0, 0.1) is 5.92 Å². The Morgan fingerprint density at radius 1 is 1.45 bits per heavy atom. The Kier molecular flexibility index (Phi) is 3.59. The average Bonchev–Trinajstić information content (AvgIpc) is 3.27. The molecule has 1 atom stereocenters. The smallest absolute Gasteiger partial charge is 0.225 e. The number of nitrogens with one attached hydrogen (secondary N) is 1. The number of hydrogen-bond acceptors (Lipinski definition) is 3. The summed E-state index contributed by atoms with van der Waals surface area (Å²) in [6, 6.07) is 7.22. The molecule has 1 aromatic heterocycles. The Labute approximate surface area is 122 Å². The second kappa shape index (κ2) is 5.38. The maximum atomic E-state index is 12.0. The number of carbonyl (C=O) groups excluding carboxylic acids is 1. The van der Waals surface area contributed by atoms with Crippen LogP contribution in [0.5, 0.6) is 0 Å². The predicted molar refractivity (Wildman–Crippen MR) is 80.7 cm³/mol. The van der Waals surface area contributed by atoms with Crippen LogP contribution < -0.4 is 11.1 Å². The molecule has 5 heteroatoms. The lowest BCUT2D eigenvalue weighted by molar-refractivity contribution is -0.116. The molecule has 20 heavy (non-hydrogen) atoms. The number of nitrogens with zero attached hydrogens (tertiary/aromatic N) is 1. The lowest BCUT2D eigenvalue weighted by Crippen LogP contribution is -2.28. The van der Waals surface area contributed by atoms with Crippen molar-refractivity contribution in [3.63, 3.8) is 0 Å². The summed E-state index contributed by atoms with van der Waals surface area (Å²) < 4.78 is 0. The molecule has 1 fully saturated rings. The zero-order chi connectivity index (χ0) is 14.1. The van der Waals surface area contributed by atoms with E-state index in [-0.39, 0.29) is 11.9 Å². The van der Waals surface area contributed by atoms with Crippen LogP contribution in [-0.2, 0) is 4.79 Å². The van der Waals surface area contributed by atoms with E-state index in [1.807, 2.05) is 12.1 Å². The highest BCUT2D eigenvalue weighted by Crippen LogP contribution is 2.33. The molecule has 0 aliphatic heterocycles. The van der Waals surface area contributed by atoms with E-state index < -0.39 is 0 Å². The second-order valence-corrected chi connectivity index (χ2v) is 5.66. The molecule has 1 aromatic carbocycles. The number of aromatic nitrogens is 1. The topological polar surface area (TPSA) is 68.0 Å². The first-order chi connectivity index (χ1) is 9.65. The third-order valence-electron chi connectivity index (χ3n) is 3.64. The van der Waals surface area contributed by atoms with Gasteiger partial charge in [0.05, 0.1) is 16.2 Å². The number of halogens is 1. The van der Waals surface area contributed by atoms with Crippen LogP contribution in [0.3, 0.4) is 0 Å². The summed E-state index contributed by atoms with van der Waals surface area (Å²) in [6.45, 7) is 0. The van der Waals surface area contributed by atoms with Crippen molar-refractivity contribution >= 4 is 34.1 Å². The summed E-state index contributed by atoms with van der Waals surface area (Å²) in [7, 11) is 0. The van der Waals surface area contributed by atoms with Crippen molar-refractivity contribution < 1.29 is 4.79 Å². The molecule has 0 saturated heterocycles. The fourth-order valence-corrected chi connectivity index (χ4v) is 2.57. The first-order valence-corrected chi connectivity index (χ1v) is 7.11. The Balaban J connectivity index is 1.80. The summed E-state index contributed by atoms with van der Waals surface area (Å²) in [6.07, 6.45) is 4.32. The number of nitrogens with two attached hydrogens (primary N) is 1. The van der Waals surface area contributed by atoms with Gasteiger partial charge in [0, 0.05) is 24.0 Å². The molecule has 0 spiro atoms. The first kappa shape index (κ1) is 13.3. The lowest BCUT2D eigenvalue weighted by atomic mass is 10.1. The van der Waals surface area contributed by atoms with Gasteiger partial charge in [-0.3, -0.25) is 9.78 Å². The fraction of sp³-hybridized carbons (Fsp3) is 0.333. The Bertz CT molecular complexity index is 655. The summed E-state index contributed by atoms with van der Waals surface area (Å²) in [4.78, 5) is 16.3. The van der Waals surface area contributed by atoms with Gasteiger partial charge in [-0.15, -0.1) is 0 Å². The van der Waals surface area contributed by atoms with Crippen LogP contribution in [-0.4, -0.2) is 16.9 Å². The minimum Gasteiger partial charge on any atom is -0.327 e. The lowest BCUT2D eigenvalue weighted by Gasteiger charge is -2.12. The van der Waals surface area contributed by atoms with Gasteiger partial charge in [-0.25, -0.2) is 0 Å². The molecule has 1 heterocycles. The van der Waals surface area contributed by atoms with E-state index >= 15 is 0 Å². The van der Waals surface area contributed by atoms with Crippen LogP contribution in [0.4, 0.5) is 5.69 Å². The van der Waals surface area contributed by atoms with Crippen molar-refractivity contribution in [3.05, 3.63) is 35.5 Å². The number of amides is 1. The monoisotopic (exact) mass is 289 g/mol. The van der Waals surface area contributed by atoms with Gasteiger partial charge in [0.1, 0.15) is 0 Å². The van der Waals surface area contributed by atoms with E-state index in [0.717, 1.165) is 23.9 Å². The molecule has 1 aliphatic carbocycles. The molecule has 3 N–H and O–H groups in total. The minimum absolute atomic E-state index is 0.0355. The summed E-state index contributed by atoms with van der Waals surface area (Å²) in [5, 5.41) is 4.33. The highest BCUT2D eigenvalue weighted by Gasteiger charge is 2.29. The van der Waals surface area contributed by atoms with Gasteiger partial charge < -0.3 is 11.1 Å². The van der Waals surface area contributed by atoms with Crippen LogP contribution in [0.1, 0.15) is 19.3 Å². The average molecular weight is 290 g/mol. The van der Waals surface area contributed by atoms with Crippen LogP contribution in [0.15, 0.2) is 30.5 Å². The Morgan fingerprint density at radius 3 is 3.00 bits per heavy atom. The van der Waals surface area contributed by atoms with Crippen molar-refractivity contribution in [3.8, 4) is 0 Å². The van der Waals surface area contributed by atoms with Crippen LogP contribution in [0.2, 0.25) is 5.02 Å². The van der Waals surface area contributed by atoms with Crippen molar-refractivity contribution in [1.29, 1.82) is 0 Å². The molecule has 0 radical (unpaired) electrons. The maximum absolute atomic E-state index is 12.0. The van der Waals surface area contributed by atoms with E-state index in [1.165, 1.54) is 0 Å². The number of fused-ring (bicyclic) bond motifs is 1. The quantitative estimate of drug-likeness (QED) is 0.909. The van der Waals surface area contributed by atoms with E-state index in [1.54, 1.807) is 18.3 Å². The molecule has 1 saturated carbocycles. The standard InChI is InChI=1S/C15H16ClN3O/c16-11-5-6-13(10-2-1-7-18-15(10)11)19-14(20)8-12(17)9-3-4-9/h1-2,5-7,9,12H,3-4,8,17H2,(H,19,20). The largest absolute Gasteiger partial charge is 0.327 e. The molecular formula is C15H16ClN3O. The predicted octanol–water partition coefficient (Wildman–Crippen LogP) is 2.95. The molecule has 1 amide bonds. The van der Waals surface area contributed by atoms with Crippen molar-refractivity contribution in [2.45, 2.75) is 25.3 Å². The van der Waals surface area contributed by atoms with Crippen LogP contribution in [0.25, 0.3) is 10.9 Å². The van der Waals surface area contributed by atoms with Gasteiger partial charge in [-0.1, -0.05) is 11.6 Å². The summed E-state index contributed by atoms with van der Waals surface area (Å²) in [5.41, 5.74) is 7.40. The SMILES string of the molecule is NC(CC(=O)Nc1ccc(Cl)c2ncccc12)C1CC1. The third-order valence-corrected chi connectivity index (χ3v) is 3.95. The van der Waals surface area contributed by atoms with E-state index in [4.69, 9.17) is 17.3 Å². The summed E-state index contributed by atoms with van der Waals surface area (Å²) in [5.74, 6) is 0.459. The number of benzene rings is 1. The van der Waals surface area contributed by atoms with Crippen LogP contribution >= 0.6 is 11.6 Å². The molecule has 4 nitrogen and oxygen atoms in total. The van der Waals surface area contributed by atoms with E-state index in [9.17, 15) is 4.79 Å². The number of hydrogen-bond donors (Lipinski definition) is 2. The Hall–Kier alpha value is -1.65. The molecule has 0 bridgehead atoms. The van der Waals surface area contributed by atoms with Crippen molar-refractivity contribution in [1.82, 2.24) is 4.98 Å². The third kappa shape index (κ3) is 2.76. The number of pyridine rings is 1. The van der Waals surface area contributed by atoms with Gasteiger partial charge in [-0.2, -0.15) is 0 Å². The molecular weight excluding hydrogens is 274 g/mol. The molecule has 1 unspecified atom stereocenters. The van der Waals surface area contributed by atoms with Crippen molar-refractivity contribution in [2.24, 2.45) is 11.7 Å². The highest BCUT2D eigenvalue weighted by molar-refractivity contribution is 6.35. The van der Waals surface area contributed by atoms with E-state index in [0.29, 0.717) is 22.9 Å². The van der Waals surface area contributed by atoms with Gasteiger partial charge in [0.15, 0.2) is 0 Å². The van der Waals surface area contributed by atoms with Gasteiger partial charge >= 0.3 is 0 Å². The zero-order valence-electron chi connectivity index (χ0n) is 11.0. The maximum Gasteiger partial charge on any atom is 0.225 e. The molecule has 104 valence electrons. The normalized spacial score (nSPS) is 16.1. The molecule has 1 aliphatic rings. The van der Waals surface area contributed by atoms with Crippen molar-refractivity contribution in [2.75, 3.05) is 5.32 Å². The van der Waals surface area contributed by atoms with Gasteiger partial charge in [0.25, 0.3) is 0 Å². The zero-order valence-corrected chi connectivity index (χ0v) is 11.7. The Morgan fingerprint density at radius 2 is 2.25 bits per heavy atom. The molecule has 2 aromatic rings. The van der Waals surface area contributed by atoms with Gasteiger partial charge in [-0.05, 0) is 43.0 Å². The van der Waals surface area contributed by atoms with E-state index in [2.05, 4.69) is 10.3 Å². The number of anilines is 1. The van der Waals surface area contributed by atoms with Gasteiger partial charge in [0.2, 0.25) is 5.91 Å². The minimum atomic E-state index is -0.0584.